The highest BCUT2D eigenvalue weighted by atomic mass is 16.5. The summed E-state index contributed by atoms with van der Waals surface area (Å²) >= 11 is 0. The maximum absolute atomic E-state index is 13.7. The molecule has 0 radical (unpaired) electrons. The van der Waals surface area contributed by atoms with E-state index in [-0.39, 0.29) is 25.0 Å². The highest BCUT2D eigenvalue weighted by Crippen LogP contribution is 2.33. The number of nitrogens with one attached hydrogen (secondary N) is 1. The molecule has 7 nitrogen and oxygen atoms in total. The first-order valence-electron chi connectivity index (χ1n) is 12.2. The van der Waals surface area contributed by atoms with Gasteiger partial charge in [-0.3, -0.25) is 9.59 Å². The molecule has 2 aromatic rings. The number of anilines is 2. The second kappa shape index (κ2) is 10.9. The fourth-order valence-electron chi connectivity index (χ4n) is 5.01. The van der Waals surface area contributed by atoms with Crippen molar-refractivity contribution in [1.29, 1.82) is 0 Å². The molecule has 0 spiro atoms. The Balaban J connectivity index is 1.52. The summed E-state index contributed by atoms with van der Waals surface area (Å²) in [6, 6.07) is 15.1. The second-order valence-electron chi connectivity index (χ2n) is 9.57. The van der Waals surface area contributed by atoms with Crippen LogP contribution in [0, 0.1) is 11.8 Å². The molecule has 1 aliphatic heterocycles. The van der Waals surface area contributed by atoms with Crippen LogP contribution in [0.2, 0.25) is 0 Å². The van der Waals surface area contributed by atoms with E-state index in [1.54, 1.807) is 4.90 Å². The number of benzene rings is 2. The number of carboxylic acid groups (broad SMARTS) is 1. The predicted octanol–water partition coefficient (Wildman–Crippen LogP) is 3.92. The van der Waals surface area contributed by atoms with Crippen molar-refractivity contribution in [3.63, 3.8) is 0 Å². The third-order valence-electron chi connectivity index (χ3n) is 7.04. The van der Waals surface area contributed by atoms with Crippen molar-refractivity contribution in [3.8, 4) is 5.75 Å². The van der Waals surface area contributed by atoms with E-state index in [9.17, 15) is 14.7 Å². The fraction of sp³-hybridized carbons (Fsp3) is 0.481. The van der Waals surface area contributed by atoms with E-state index in [4.69, 9.17) is 4.74 Å². The van der Waals surface area contributed by atoms with Crippen molar-refractivity contribution < 1.29 is 19.4 Å². The van der Waals surface area contributed by atoms with E-state index in [0.29, 0.717) is 12.3 Å². The number of amides is 1. The lowest BCUT2D eigenvalue weighted by Gasteiger charge is -2.29. The number of hydrogen-bond acceptors (Lipinski definition) is 5. The van der Waals surface area contributed by atoms with Crippen LogP contribution in [-0.4, -0.2) is 50.3 Å². The molecule has 0 aromatic heterocycles. The molecule has 2 N–H and O–H groups in total. The summed E-state index contributed by atoms with van der Waals surface area (Å²) in [5.74, 6) is -0.570. The summed E-state index contributed by atoms with van der Waals surface area (Å²) in [5.41, 5.74) is 2.84. The summed E-state index contributed by atoms with van der Waals surface area (Å²) in [5, 5.41) is 13.1. The van der Waals surface area contributed by atoms with E-state index in [1.165, 1.54) is 6.42 Å². The number of rotatable bonds is 8. The summed E-state index contributed by atoms with van der Waals surface area (Å²) in [4.78, 5) is 29.5. The van der Waals surface area contributed by atoms with Gasteiger partial charge in [0.1, 0.15) is 18.4 Å². The normalized spacial score (nSPS) is 19.6. The molecule has 0 bridgehead atoms. The summed E-state index contributed by atoms with van der Waals surface area (Å²) in [6.07, 6.45) is 5.21. The van der Waals surface area contributed by atoms with Crippen molar-refractivity contribution in [2.75, 3.05) is 37.0 Å². The third kappa shape index (κ3) is 5.53. The molecule has 34 heavy (non-hydrogen) atoms. The number of fused-ring (bicyclic) bond motifs is 1. The maximum atomic E-state index is 13.7. The van der Waals surface area contributed by atoms with Crippen LogP contribution in [0.4, 0.5) is 11.4 Å². The first kappa shape index (κ1) is 24.1. The molecule has 1 saturated carbocycles. The van der Waals surface area contributed by atoms with Crippen LogP contribution in [0.5, 0.6) is 5.75 Å². The zero-order valence-electron chi connectivity index (χ0n) is 20.1. The summed E-state index contributed by atoms with van der Waals surface area (Å²) in [6.45, 7) is 0.848. The minimum atomic E-state index is -0.789. The van der Waals surface area contributed by atoms with E-state index < -0.39 is 17.9 Å². The van der Waals surface area contributed by atoms with E-state index in [2.05, 4.69) is 5.32 Å². The minimum absolute atomic E-state index is 0.102. The smallest absolute Gasteiger partial charge is 0.308 e. The average molecular weight is 466 g/mol. The summed E-state index contributed by atoms with van der Waals surface area (Å²) < 4.78 is 6.01. The van der Waals surface area contributed by atoms with Gasteiger partial charge < -0.3 is 25.0 Å². The van der Waals surface area contributed by atoms with Gasteiger partial charge in [0.25, 0.3) is 0 Å². The minimum Gasteiger partial charge on any atom is -0.489 e. The van der Waals surface area contributed by atoms with Crippen LogP contribution in [0.25, 0.3) is 0 Å². The van der Waals surface area contributed by atoms with Crippen LogP contribution in [0.15, 0.2) is 48.5 Å². The Kier molecular flexibility index (Phi) is 7.73. The standard InChI is InChI=1S/C27H35N3O4/c1-29(2)21-14-12-19(13-15-21)17-30-24-10-6-7-11-25(24)34-18-23(26(30)31)28-16-22(27(32)33)20-8-4-3-5-9-20/h6-7,10-15,20,22-23,28H,3-5,8-9,16-18H2,1-2H3,(H,32,33)/t22-,23-/m0/s1. The molecule has 1 aliphatic carbocycles. The van der Waals surface area contributed by atoms with Gasteiger partial charge in [-0.2, -0.15) is 0 Å². The highest BCUT2D eigenvalue weighted by Gasteiger charge is 2.34. The predicted molar refractivity (Wildman–Crippen MR) is 133 cm³/mol. The molecule has 2 atom stereocenters. The van der Waals surface area contributed by atoms with Crippen molar-refractivity contribution >= 4 is 23.3 Å². The van der Waals surface area contributed by atoms with Crippen LogP contribution >= 0.6 is 0 Å². The number of carbonyl (C=O) groups is 2. The molecule has 182 valence electrons. The summed E-state index contributed by atoms with van der Waals surface area (Å²) in [7, 11) is 3.99. The molecule has 0 saturated heterocycles. The molecule has 4 rings (SSSR count). The van der Waals surface area contributed by atoms with Gasteiger partial charge in [-0.25, -0.2) is 0 Å². The average Bonchev–Trinajstić information content (AvgIpc) is 2.97. The van der Waals surface area contributed by atoms with E-state index in [1.807, 2.05) is 67.5 Å². The number of para-hydroxylation sites is 2. The van der Waals surface area contributed by atoms with Crippen LogP contribution in [0.3, 0.4) is 0 Å². The van der Waals surface area contributed by atoms with Crippen molar-refractivity contribution in [2.24, 2.45) is 11.8 Å². The lowest BCUT2D eigenvalue weighted by atomic mass is 9.80. The Hall–Kier alpha value is -3.06. The van der Waals surface area contributed by atoms with Gasteiger partial charge in [0.05, 0.1) is 18.2 Å². The monoisotopic (exact) mass is 465 g/mol. The first-order valence-corrected chi connectivity index (χ1v) is 12.2. The Morgan fingerprint density at radius 1 is 1.12 bits per heavy atom. The SMILES string of the molecule is CN(C)c1ccc(CN2C(=O)[C@@H](NC[C@H](C(=O)O)C3CCCCC3)COc3ccccc32)cc1. The van der Waals surface area contributed by atoms with Crippen LogP contribution < -0.4 is 19.9 Å². The molecule has 1 fully saturated rings. The van der Waals surface area contributed by atoms with Gasteiger partial charge in [0.2, 0.25) is 5.91 Å². The number of hydrogen-bond donors (Lipinski definition) is 2. The quantitative estimate of drug-likeness (QED) is 0.615. The number of aliphatic carboxylic acids is 1. The zero-order valence-corrected chi connectivity index (χ0v) is 20.1. The fourth-order valence-corrected chi connectivity index (χ4v) is 5.01. The molecule has 2 aliphatic rings. The third-order valence-corrected chi connectivity index (χ3v) is 7.04. The van der Waals surface area contributed by atoms with Gasteiger partial charge in [-0.1, -0.05) is 43.5 Å². The van der Waals surface area contributed by atoms with Gasteiger partial charge in [0.15, 0.2) is 0 Å². The van der Waals surface area contributed by atoms with Crippen molar-refractivity contribution in [1.82, 2.24) is 5.32 Å². The Labute approximate surface area is 201 Å². The topological polar surface area (TPSA) is 82.1 Å². The lowest BCUT2D eigenvalue weighted by Crippen LogP contribution is -2.50. The molecular weight excluding hydrogens is 430 g/mol. The van der Waals surface area contributed by atoms with E-state index in [0.717, 1.165) is 42.6 Å². The first-order chi connectivity index (χ1) is 16.4. The van der Waals surface area contributed by atoms with Gasteiger partial charge in [-0.05, 0) is 48.6 Å². The van der Waals surface area contributed by atoms with Gasteiger partial charge in [-0.15, -0.1) is 0 Å². The number of carbonyl (C=O) groups excluding carboxylic acids is 1. The van der Waals surface area contributed by atoms with Crippen molar-refractivity contribution in [2.45, 2.75) is 44.7 Å². The Bertz CT molecular complexity index is 986. The van der Waals surface area contributed by atoms with Crippen LogP contribution in [0.1, 0.15) is 37.7 Å². The highest BCUT2D eigenvalue weighted by molar-refractivity contribution is 5.99. The maximum Gasteiger partial charge on any atom is 0.308 e. The molecule has 1 heterocycles. The second-order valence-corrected chi connectivity index (χ2v) is 9.57. The van der Waals surface area contributed by atoms with Crippen LogP contribution in [-0.2, 0) is 16.1 Å². The largest absolute Gasteiger partial charge is 0.489 e. The Morgan fingerprint density at radius 3 is 2.50 bits per heavy atom. The molecule has 1 amide bonds. The van der Waals surface area contributed by atoms with Gasteiger partial charge >= 0.3 is 5.97 Å². The molecule has 7 heteroatoms. The number of ether oxygens (including phenoxy) is 1. The van der Waals surface area contributed by atoms with Gasteiger partial charge in [0, 0.05) is 26.3 Å². The molecule has 0 unspecified atom stereocenters. The molecule has 2 aromatic carbocycles. The van der Waals surface area contributed by atoms with Crippen molar-refractivity contribution in [3.05, 3.63) is 54.1 Å². The number of nitrogens with zero attached hydrogens (tertiary/aromatic N) is 2. The molecular formula is C27H35N3O4. The Morgan fingerprint density at radius 2 is 1.82 bits per heavy atom. The zero-order chi connectivity index (χ0) is 24.1. The van der Waals surface area contributed by atoms with E-state index >= 15 is 0 Å². The number of carboxylic acids is 1. The lowest BCUT2D eigenvalue weighted by molar-refractivity contribution is -0.144.